The highest BCUT2D eigenvalue weighted by Crippen LogP contribution is 2.40. The molecule has 118 valence electrons. The molecule has 0 aromatic rings. The van der Waals surface area contributed by atoms with Crippen LogP contribution in [0.3, 0.4) is 0 Å². The van der Waals surface area contributed by atoms with Gasteiger partial charge in [0.05, 0.1) is 0 Å². The fraction of sp³-hybridized carbons (Fsp3) is 1.00. The summed E-state index contributed by atoms with van der Waals surface area (Å²) in [6.07, 6.45) is 9.13. The van der Waals surface area contributed by atoms with E-state index in [1.54, 1.807) is 0 Å². The molecule has 0 aromatic carbocycles. The highest BCUT2D eigenvalue weighted by molar-refractivity contribution is 4.95. The zero-order valence-corrected chi connectivity index (χ0v) is 13.7. The molecule has 2 N–H and O–H groups in total. The third-order valence-electron chi connectivity index (χ3n) is 5.68. The zero-order chi connectivity index (χ0) is 14.6. The number of nitrogens with one attached hydrogen (secondary N) is 1. The van der Waals surface area contributed by atoms with Crippen LogP contribution in [0.4, 0.5) is 0 Å². The van der Waals surface area contributed by atoms with Crippen molar-refractivity contribution in [1.82, 2.24) is 10.2 Å². The summed E-state index contributed by atoms with van der Waals surface area (Å²) in [5, 5.41) is 12.7. The molecule has 2 saturated carbocycles. The Morgan fingerprint density at radius 1 is 1.20 bits per heavy atom. The minimum atomic E-state index is 0.328. The zero-order valence-electron chi connectivity index (χ0n) is 13.7. The van der Waals surface area contributed by atoms with Crippen LogP contribution < -0.4 is 5.32 Å². The lowest BCUT2D eigenvalue weighted by atomic mass is 9.67. The number of aliphatic hydroxyl groups excluding tert-OH is 1. The predicted molar refractivity (Wildman–Crippen MR) is 84.9 cm³/mol. The van der Waals surface area contributed by atoms with Crippen LogP contribution in [0.2, 0.25) is 0 Å². The Morgan fingerprint density at radius 3 is 2.50 bits per heavy atom. The van der Waals surface area contributed by atoms with Crippen molar-refractivity contribution >= 4 is 0 Å². The Hall–Kier alpha value is -0.120. The maximum atomic E-state index is 9.14. The minimum absolute atomic E-state index is 0.328. The molecule has 0 bridgehead atoms. The van der Waals surface area contributed by atoms with E-state index in [2.05, 4.69) is 31.1 Å². The topological polar surface area (TPSA) is 35.5 Å². The van der Waals surface area contributed by atoms with E-state index < -0.39 is 0 Å². The van der Waals surface area contributed by atoms with Gasteiger partial charge >= 0.3 is 0 Å². The second kappa shape index (κ2) is 7.24. The van der Waals surface area contributed by atoms with Gasteiger partial charge in [0, 0.05) is 31.8 Å². The van der Waals surface area contributed by atoms with E-state index in [1.165, 1.54) is 45.1 Å². The van der Waals surface area contributed by atoms with Gasteiger partial charge in [-0.15, -0.1) is 0 Å². The Kier molecular flexibility index (Phi) is 5.88. The molecular formula is C17H34N2O. The molecule has 2 fully saturated rings. The monoisotopic (exact) mass is 282 g/mol. The van der Waals surface area contributed by atoms with Crippen molar-refractivity contribution in [2.24, 2.45) is 11.3 Å². The number of aliphatic hydroxyl groups is 1. The lowest BCUT2D eigenvalue weighted by molar-refractivity contribution is 0.0457. The van der Waals surface area contributed by atoms with Gasteiger partial charge in [0.25, 0.3) is 0 Å². The van der Waals surface area contributed by atoms with E-state index in [0.717, 1.165) is 24.9 Å². The Morgan fingerprint density at radius 2 is 1.95 bits per heavy atom. The van der Waals surface area contributed by atoms with Gasteiger partial charge in [-0.3, -0.25) is 4.90 Å². The molecule has 0 heterocycles. The first-order valence-electron chi connectivity index (χ1n) is 8.60. The van der Waals surface area contributed by atoms with Gasteiger partial charge in [-0.1, -0.05) is 26.7 Å². The van der Waals surface area contributed by atoms with Crippen LogP contribution in [-0.4, -0.2) is 48.8 Å². The van der Waals surface area contributed by atoms with Gasteiger partial charge in [-0.05, 0) is 50.5 Å². The molecule has 20 heavy (non-hydrogen) atoms. The van der Waals surface area contributed by atoms with Crippen LogP contribution in [0.5, 0.6) is 0 Å². The van der Waals surface area contributed by atoms with Crippen LogP contribution >= 0.6 is 0 Å². The van der Waals surface area contributed by atoms with Gasteiger partial charge in [0.15, 0.2) is 0 Å². The molecule has 3 nitrogen and oxygen atoms in total. The van der Waals surface area contributed by atoms with Crippen molar-refractivity contribution in [3.63, 3.8) is 0 Å². The largest absolute Gasteiger partial charge is 0.396 e. The maximum absolute atomic E-state index is 9.14. The quantitative estimate of drug-likeness (QED) is 0.753. The van der Waals surface area contributed by atoms with Gasteiger partial charge in [-0.2, -0.15) is 0 Å². The Labute approximate surface area is 125 Å². The van der Waals surface area contributed by atoms with Gasteiger partial charge in [0.1, 0.15) is 0 Å². The summed E-state index contributed by atoms with van der Waals surface area (Å²) in [7, 11) is 2.13. The first kappa shape index (κ1) is 16.3. The average Bonchev–Trinajstić information content (AvgIpc) is 2.33. The molecule has 0 radical (unpaired) electrons. The van der Waals surface area contributed by atoms with E-state index >= 15 is 0 Å². The summed E-state index contributed by atoms with van der Waals surface area (Å²) in [4.78, 5) is 2.68. The molecule has 2 atom stereocenters. The van der Waals surface area contributed by atoms with E-state index in [4.69, 9.17) is 5.11 Å². The molecular weight excluding hydrogens is 248 g/mol. The van der Waals surface area contributed by atoms with E-state index in [9.17, 15) is 0 Å². The maximum Gasteiger partial charge on any atom is 0.0443 e. The first-order valence-corrected chi connectivity index (χ1v) is 8.60. The van der Waals surface area contributed by atoms with E-state index in [-0.39, 0.29) is 0 Å². The molecule has 0 aromatic heterocycles. The summed E-state index contributed by atoms with van der Waals surface area (Å²) < 4.78 is 0. The van der Waals surface area contributed by atoms with Crippen molar-refractivity contribution in [3.8, 4) is 0 Å². The molecule has 0 saturated heterocycles. The highest BCUT2D eigenvalue weighted by Gasteiger charge is 2.39. The molecule has 0 amide bonds. The van der Waals surface area contributed by atoms with Crippen molar-refractivity contribution in [1.29, 1.82) is 0 Å². The third-order valence-corrected chi connectivity index (χ3v) is 5.68. The van der Waals surface area contributed by atoms with Gasteiger partial charge in [-0.25, -0.2) is 0 Å². The normalized spacial score (nSPS) is 30.4. The lowest BCUT2D eigenvalue weighted by Gasteiger charge is -2.47. The summed E-state index contributed by atoms with van der Waals surface area (Å²) in [5.41, 5.74) is 0.417. The Bertz CT molecular complexity index is 289. The van der Waals surface area contributed by atoms with Gasteiger partial charge in [0.2, 0.25) is 0 Å². The standard InChI is InChI=1S/C17H34N2O/c1-17(2)10-5-7-14(16(17)18-3)13-19(11-6-12-20)15-8-4-9-15/h14-16,18,20H,4-13H2,1-3H3. The van der Waals surface area contributed by atoms with Gasteiger partial charge < -0.3 is 10.4 Å². The Balaban J connectivity index is 1.96. The van der Waals surface area contributed by atoms with Crippen molar-refractivity contribution in [3.05, 3.63) is 0 Å². The van der Waals surface area contributed by atoms with E-state index in [1.807, 2.05) is 0 Å². The van der Waals surface area contributed by atoms with Crippen molar-refractivity contribution in [2.45, 2.75) is 70.9 Å². The summed E-state index contributed by atoms with van der Waals surface area (Å²) in [6, 6.07) is 1.43. The number of nitrogens with zero attached hydrogens (tertiary/aromatic N) is 1. The summed E-state index contributed by atoms with van der Waals surface area (Å²) in [6.45, 7) is 7.46. The molecule has 0 spiro atoms. The number of hydrogen-bond donors (Lipinski definition) is 2. The predicted octanol–water partition coefficient (Wildman–Crippen LogP) is 2.64. The van der Waals surface area contributed by atoms with Crippen LogP contribution in [0.15, 0.2) is 0 Å². The fourth-order valence-electron chi connectivity index (χ4n) is 4.35. The van der Waals surface area contributed by atoms with E-state index in [0.29, 0.717) is 18.1 Å². The number of hydrogen-bond acceptors (Lipinski definition) is 3. The second-order valence-corrected chi connectivity index (χ2v) is 7.56. The molecule has 2 rings (SSSR count). The molecule has 2 aliphatic carbocycles. The average molecular weight is 282 g/mol. The van der Waals surface area contributed by atoms with Crippen molar-refractivity contribution in [2.75, 3.05) is 26.7 Å². The summed E-state index contributed by atoms with van der Waals surface area (Å²) >= 11 is 0. The third kappa shape index (κ3) is 3.75. The van der Waals surface area contributed by atoms with Crippen molar-refractivity contribution < 1.29 is 5.11 Å². The van der Waals surface area contributed by atoms with Crippen LogP contribution in [0.25, 0.3) is 0 Å². The van der Waals surface area contributed by atoms with Crippen LogP contribution in [0, 0.1) is 11.3 Å². The minimum Gasteiger partial charge on any atom is -0.396 e. The molecule has 0 aliphatic heterocycles. The van der Waals surface area contributed by atoms with Crippen LogP contribution in [-0.2, 0) is 0 Å². The summed E-state index contributed by atoms with van der Waals surface area (Å²) in [5.74, 6) is 0.767. The highest BCUT2D eigenvalue weighted by atomic mass is 16.3. The molecule has 2 aliphatic rings. The lowest BCUT2D eigenvalue weighted by Crippen LogP contribution is -2.53. The SMILES string of the molecule is CNC1C(CN(CCCO)C2CCC2)CCCC1(C)C. The molecule has 3 heteroatoms. The molecule has 2 unspecified atom stereocenters. The van der Waals surface area contributed by atoms with Crippen LogP contribution in [0.1, 0.15) is 58.8 Å². The number of rotatable bonds is 7. The second-order valence-electron chi connectivity index (χ2n) is 7.56. The fourth-order valence-corrected chi connectivity index (χ4v) is 4.35. The first-order chi connectivity index (χ1) is 9.58. The smallest absolute Gasteiger partial charge is 0.0443 e.